The molecule has 4 heteroatoms. The van der Waals surface area contributed by atoms with E-state index < -0.39 is 0 Å². The molecule has 0 aliphatic heterocycles. The summed E-state index contributed by atoms with van der Waals surface area (Å²) in [5.74, 6) is 1.46. The maximum atomic E-state index is 8.69. The van der Waals surface area contributed by atoms with Gasteiger partial charge in [0.1, 0.15) is 6.61 Å². The van der Waals surface area contributed by atoms with Crippen molar-refractivity contribution in [2.45, 2.75) is 19.4 Å². The maximum absolute atomic E-state index is 8.69. The molecule has 19 heavy (non-hydrogen) atoms. The van der Waals surface area contributed by atoms with Gasteiger partial charge in [-0.2, -0.15) is 0 Å². The van der Waals surface area contributed by atoms with Crippen molar-refractivity contribution in [3.05, 3.63) is 36.4 Å². The molecule has 4 nitrogen and oxygen atoms in total. The third-order valence-corrected chi connectivity index (χ3v) is 2.68. The molecule has 0 saturated heterocycles. The molecule has 0 heterocycles. The maximum Gasteiger partial charge on any atom is 0.161 e. The highest BCUT2D eigenvalue weighted by Gasteiger charge is 2.05. The Hall–Kier alpha value is -1.52. The summed E-state index contributed by atoms with van der Waals surface area (Å²) in [6, 6.07) is 5.89. The average Bonchev–Trinajstić information content (AvgIpc) is 2.45. The van der Waals surface area contributed by atoms with E-state index in [1.165, 1.54) is 0 Å². The first kappa shape index (κ1) is 15.5. The van der Waals surface area contributed by atoms with E-state index in [4.69, 9.17) is 14.6 Å². The van der Waals surface area contributed by atoms with E-state index in [2.05, 4.69) is 11.9 Å². The van der Waals surface area contributed by atoms with Crippen LogP contribution in [0.4, 0.5) is 0 Å². The predicted octanol–water partition coefficient (Wildman–Crippen LogP) is 2.12. The lowest BCUT2D eigenvalue weighted by Gasteiger charge is -2.11. The fourth-order valence-electron chi connectivity index (χ4n) is 1.68. The minimum absolute atomic E-state index is 0.255. The summed E-state index contributed by atoms with van der Waals surface area (Å²) >= 11 is 0. The second-order valence-electron chi connectivity index (χ2n) is 4.19. The molecule has 0 amide bonds. The number of hydrogen-bond acceptors (Lipinski definition) is 4. The van der Waals surface area contributed by atoms with Crippen molar-refractivity contribution in [1.29, 1.82) is 0 Å². The Bertz CT molecular complexity index is 380. The number of methoxy groups -OCH3 is 1. The molecule has 0 saturated carbocycles. The van der Waals surface area contributed by atoms with Crippen LogP contribution in [0.3, 0.4) is 0 Å². The number of benzene rings is 1. The minimum atomic E-state index is 0.255. The number of unbranched alkanes of at least 4 members (excludes halogenated alkanes) is 1. The third-order valence-electron chi connectivity index (χ3n) is 2.68. The van der Waals surface area contributed by atoms with E-state index in [1.54, 1.807) is 13.2 Å². The summed E-state index contributed by atoms with van der Waals surface area (Å²) in [5, 5.41) is 12.0. The smallest absolute Gasteiger partial charge is 0.161 e. The van der Waals surface area contributed by atoms with Crippen molar-refractivity contribution in [1.82, 2.24) is 5.32 Å². The summed E-state index contributed by atoms with van der Waals surface area (Å²) in [6.07, 6.45) is 3.52. The highest BCUT2D eigenvalue weighted by atomic mass is 16.5. The van der Waals surface area contributed by atoms with Crippen LogP contribution in [0.1, 0.15) is 18.4 Å². The molecule has 0 spiro atoms. The molecule has 0 aromatic heterocycles. The highest BCUT2D eigenvalue weighted by molar-refractivity contribution is 5.43. The molecule has 0 radical (unpaired) electrons. The van der Waals surface area contributed by atoms with Crippen LogP contribution in [0.15, 0.2) is 30.9 Å². The van der Waals surface area contributed by atoms with Crippen molar-refractivity contribution >= 4 is 0 Å². The van der Waals surface area contributed by atoms with Gasteiger partial charge in [0.25, 0.3) is 0 Å². The van der Waals surface area contributed by atoms with Crippen molar-refractivity contribution in [3.8, 4) is 11.5 Å². The van der Waals surface area contributed by atoms with Crippen LogP contribution in [0.5, 0.6) is 11.5 Å². The van der Waals surface area contributed by atoms with E-state index in [9.17, 15) is 0 Å². The highest BCUT2D eigenvalue weighted by Crippen LogP contribution is 2.27. The lowest BCUT2D eigenvalue weighted by Crippen LogP contribution is -2.15. The van der Waals surface area contributed by atoms with E-state index in [0.29, 0.717) is 6.61 Å². The number of ether oxygens (including phenoxy) is 2. The van der Waals surface area contributed by atoms with E-state index >= 15 is 0 Å². The minimum Gasteiger partial charge on any atom is -0.493 e. The molecule has 2 N–H and O–H groups in total. The van der Waals surface area contributed by atoms with E-state index in [1.807, 2.05) is 18.2 Å². The van der Waals surface area contributed by atoms with Crippen LogP contribution >= 0.6 is 0 Å². The zero-order chi connectivity index (χ0) is 13.9. The molecule has 0 unspecified atom stereocenters. The summed E-state index contributed by atoms with van der Waals surface area (Å²) < 4.78 is 10.8. The van der Waals surface area contributed by atoms with Gasteiger partial charge < -0.3 is 19.9 Å². The summed E-state index contributed by atoms with van der Waals surface area (Å²) in [5.41, 5.74) is 1.15. The van der Waals surface area contributed by atoms with Crippen molar-refractivity contribution < 1.29 is 14.6 Å². The quantitative estimate of drug-likeness (QED) is 0.502. The Morgan fingerprint density at radius 3 is 2.84 bits per heavy atom. The van der Waals surface area contributed by atoms with Crippen molar-refractivity contribution in [3.63, 3.8) is 0 Å². The predicted molar refractivity (Wildman–Crippen MR) is 76.7 cm³/mol. The third kappa shape index (κ3) is 5.77. The van der Waals surface area contributed by atoms with E-state index in [0.717, 1.165) is 43.0 Å². The molecular weight excluding hydrogens is 242 g/mol. The van der Waals surface area contributed by atoms with Gasteiger partial charge in [0.2, 0.25) is 0 Å². The summed E-state index contributed by atoms with van der Waals surface area (Å²) in [7, 11) is 1.63. The number of hydrogen-bond donors (Lipinski definition) is 2. The SMILES string of the molecule is C=CCOc1ccc(CNCCCCO)cc1OC. The monoisotopic (exact) mass is 265 g/mol. The van der Waals surface area contributed by atoms with Crippen molar-refractivity contribution in [2.75, 3.05) is 26.9 Å². The van der Waals surface area contributed by atoms with Gasteiger partial charge in [-0.05, 0) is 37.1 Å². The molecule has 1 aromatic carbocycles. The molecule has 0 aliphatic carbocycles. The largest absolute Gasteiger partial charge is 0.493 e. The average molecular weight is 265 g/mol. The van der Waals surface area contributed by atoms with Crippen molar-refractivity contribution in [2.24, 2.45) is 0 Å². The van der Waals surface area contributed by atoms with Gasteiger partial charge in [0, 0.05) is 13.2 Å². The second-order valence-corrected chi connectivity index (χ2v) is 4.19. The number of rotatable bonds is 10. The Morgan fingerprint density at radius 2 is 2.16 bits per heavy atom. The molecular formula is C15H23NO3. The fourth-order valence-corrected chi connectivity index (χ4v) is 1.68. The van der Waals surface area contributed by atoms with Gasteiger partial charge in [-0.1, -0.05) is 18.7 Å². The molecule has 1 rings (SSSR count). The van der Waals surface area contributed by atoms with Crippen LogP contribution < -0.4 is 14.8 Å². The molecule has 1 aromatic rings. The van der Waals surface area contributed by atoms with Crippen LogP contribution in [-0.2, 0) is 6.54 Å². The molecule has 0 atom stereocenters. The Morgan fingerprint density at radius 1 is 1.32 bits per heavy atom. The van der Waals surface area contributed by atoms with Gasteiger partial charge >= 0.3 is 0 Å². The molecule has 106 valence electrons. The van der Waals surface area contributed by atoms with Gasteiger partial charge in [-0.25, -0.2) is 0 Å². The number of aliphatic hydroxyl groups excluding tert-OH is 1. The fraction of sp³-hybridized carbons (Fsp3) is 0.467. The zero-order valence-electron chi connectivity index (χ0n) is 11.5. The van der Waals surface area contributed by atoms with Crippen LogP contribution in [0, 0.1) is 0 Å². The number of nitrogens with one attached hydrogen (secondary N) is 1. The first-order valence-corrected chi connectivity index (χ1v) is 6.54. The Kier molecular flexibility index (Phi) is 7.70. The van der Waals surface area contributed by atoms with Gasteiger partial charge in [0.05, 0.1) is 7.11 Å². The normalized spacial score (nSPS) is 10.2. The lowest BCUT2D eigenvalue weighted by molar-refractivity contribution is 0.283. The van der Waals surface area contributed by atoms with Crippen LogP contribution in [0.2, 0.25) is 0 Å². The van der Waals surface area contributed by atoms with E-state index in [-0.39, 0.29) is 6.61 Å². The summed E-state index contributed by atoms with van der Waals surface area (Å²) in [4.78, 5) is 0. The first-order valence-electron chi connectivity index (χ1n) is 6.54. The van der Waals surface area contributed by atoms with Crippen LogP contribution in [0.25, 0.3) is 0 Å². The van der Waals surface area contributed by atoms with Crippen LogP contribution in [-0.4, -0.2) is 32.0 Å². The molecule has 0 fully saturated rings. The Labute approximate surface area is 115 Å². The zero-order valence-corrected chi connectivity index (χ0v) is 11.5. The second kappa shape index (κ2) is 9.42. The standard InChI is InChI=1S/C15H23NO3/c1-3-10-19-14-7-6-13(11-15(14)18-2)12-16-8-4-5-9-17/h3,6-7,11,16-17H,1,4-5,8-10,12H2,2H3. The van der Waals surface area contributed by atoms with Gasteiger partial charge in [-0.15, -0.1) is 0 Å². The van der Waals surface area contributed by atoms with Gasteiger partial charge in [-0.3, -0.25) is 0 Å². The topological polar surface area (TPSA) is 50.7 Å². The van der Waals surface area contributed by atoms with Gasteiger partial charge in [0.15, 0.2) is 11.5 Å². The Balaban J connectivity index is 2.48. The molecule has 0 aliphatic rings. The first-order chi connectivity index (χ1) is 9.31. The molecule has 0 bridgehead atoms. The number of aliphatic hydroxyl groups is 1. The summed E-state index contributed by atoms with van der Waals surface area (Å²) in [6.45, 7) is 6.02. The lowest BCUT2D eigenvalue weighted by atomic mass is 10.2.